The molecular formula is C10H11Cl2F3N2O2S. The SMILES string of the molecule is CC(CC(F)(F)F)NS(=O)(=O)c1ccc(Cl)c(N)c1Cl. The Labute approximate surface area is 124 Å². The van der Waals surface area contributed by atoms with Crippen molar-refractivity contribution in [1.82, 2.24) is 4.72 Å². The Bertz CT molecular complexity index is 605. The third-order valence-electron chi connectivity index (χ3n) is 2.27. The quantitative estimate of drug-likeness (QED) is 0.819. The number of hydrogen-bond donors (Lipinski definition) is 2. The minimum atomic E-state index is -4.48. The van der Waals surface area contributed by atoms with Crippen molar-refractivity contribution in [3.63, 3.8) is 0 Å². The van der Waals surface area contributed by atoms with Gasteiger partial charge in [0.2, 0.25) is 10.0 Å². The van der Waals surface area contributed by atoms with Crippen LogP contribution in [0.3, 0.4) is 0 Å². The fraction of sp³-hybridized carbons (Fsp3) is 0.400. The smallest absolute Gasteiger partial charge is 0.390 e. The van der Waals surface area contributed by atoms with Gasteiger partial charge in [-0.2, -0.15) is 13.2 Å². The molecule has 114 valence electrons. The highest BCUT2D eigenvalue weighted by Crippen LogP contribution is 2.33. The molecule has 1 aromatic rings. The number of benzene rings is 1. The van der Waals surface area contributed by atoms with Crippen molar-refractivity contribution in [3.8, 4) is 0 Å². The number of nitrogens with one attached hydrogen (secondary N) is 1. The third kappa shape index (κ3) is 4.41. The van der Waals surface area contributed by atoms with Crippen LogP contribution in [0.5, 0.6) is 0 Å². The lowest BCUT2D eigenvalue weighted by Gasteiger charge is -2.17. The van der Waals surface area contributed by atoms with E-state index in [0.717, 1.165) is 13.0 Å². The molecule has 0 fully saturated rings. The number of nitrogens with two attached hydrogens (primary N) is 1. The van der Waals surface area contributed by atoms with Crippen LogP contribution < -0.4 is 10.5 Å². The summed E-state index contributed by atoms with van der Waals surface area (Å²) >= 11 is 11.4. The van der Waals surface area contributed by atoms with Gasteiger partial charge >= 0.3 is 6.18 Å². The summed E-state index contributed by atoms with van der Waals surface area (Å²) in [5.41, 5.74) is 5.32. The van der Waals surface area contributed by atoms with Crippen LogP contribution >= 0.6 is 23.2 Å². The molecule has 0 bridgehead atoms. The number of alkyl halides is 3. The van der Waals surface area contributed by atoms with Gasteiger partial charge in [0.05, 0.1) is 22.2 Å². The Balaban J connectivity index is 3.04. The van der Waals surface area contributed by atoms with Crippen molar-refractivity contribution in [2.75, 3.05) is 5.73 Å². The lowest BCUT2D eigenvalue weighted by atomic mass is 10.2. The second-order valence-electron chi connectivity index (χ2n) is 4.11. The van der Waals surface area contributed by atoms with Crippen LogP contribution in [0.4, 0.5) is 18.9 Å². The Morgan fingerprint density at radius 2 is 1.90 bits per heavy atom. The van der Waals surface area contributed by atoms with Gasteiger partial charge in [-0.3, -0.25) is 0 Å². The summed E-state index contributed by atoms with van der Waals surface area (Å²) in [4.78, 5) is -0.421. The van der Waals surface area contributed by atoms with Crippen LogP contribution in [-0.4, -0.2) is 20.6 Å². The number of nitrogen functional groups attached to an aromatic ring is 1. The lowest BCUT2D eigenvalue weighted by molar-refractivity contribution is -0.137. The van der Waals surface area contributed by atoms with E-state index in [9.17, 15) is 21.6 Å². The van der Waals surface area contributed by atoms with E-state index in [4.69, 9.17) is 28.9 Å². The Hall–Kier alpha value is -0.700. The van der Waals surface area contributed by atoms with E-state index in [-0.39, 0.29) is 15.7 Å². The van der Waals surface area contributed by atoms with E-state index in [1.165, 1.54) is 6.07 Å². The molecule has 4 nitrogen and oxygen atoms in total. The Morgan fingerprint density at radius 3 is 2.40 bits per heavy atom. The van der Waals surface area contributed by atoms with E-state index in [2.05, 4.69) is 0 Å². The largest absolute Gasteiger partial charge is 0.396 e. The van der Waals surface area contributed by atoms with Crippen molar-refractivity contribution < 1.29 is 21.6 Å². The van der Waals surface area contributed by atoms with Gasteiger partial charge in [-0.25, -0.2) is 13.1 Å². The molecular weight excluding hydrogens is 340 g/mol. The zero-order valence-corrected chi connectivity index (χ0v) is 12.5. The zero-order valence-electron chi connectivity index (χ0n) is 10.1. The fourth-order valence-corrected chi connectivity index (χ4v) is 3.48. The maximum absolute atomic E-state index is 12.2. The summed E-state index contributed by atoms with van der Waals surface area (Å²) in [5.74, 6) is 0. The Kier molecular flexibility index (Phi) is 5.18. The monoisotopic (exact) mass is 350 g/mol. The highest BCUT2D eigenvalue weighted by Gasteiger charge is 2.32. The summed E-state index contributed by atoms with van der Waals surface area (Å²) in [6, 6.07) is 0.933. The molecule has 10 heteroatoms. The third-order valence-corrected chi connectivity index (χ3v) is 4.76. The molecule has 1 unspecified atom stereocenters. The zero-order chi connectivity index (χ0) is 15.7. The first-order valence-electron chi connectivity index (χ1n) is 5.26. The summed E-state index contributed by atoms with van der Waals surface area (Å²) < 4.78 is 62.3. The molecule has 1 atom stereocenters. The van der Waals surface area contributed by atoms with Gasteiger partial charge in [0, 0.05) is 6.04 Å². The van der Waals surface area contributed by atoms with Gasteiger partial charge in [0.1, 0.15) is 4.90 Å². The van der Waals surface area contributed by atoms with E-state index >= 15 is 0 Å². The van der Waals surface area contributed by atoms with Gasteiger partial charge < -0.3 is 5.73 Å². The predicted octanol–water partition coefficient (Wildman–Crippen LogP) is 3.19. The van der Waals surface area contributed by atoms with E-state index in [1.54, 1.807) is 0 Å². The van der Waals surface area contributed by atoms with Crippen molar-refractivity contribution in [3.05, 3.63) is 22.2 Å². The van der Waals surface area contributed by atoms with Crippen molar-refractivity contribution in [2.45, 2.75) is 30.5 Å². The molecule has 0 saturated carbocycles. The van der Waals surface area contributed by atoms with Gasteiger partial charge in [-0.1, -0.05) is 23.2 Å². The molecule has 0 aliphatic heterocycles. The van der Waals surface area contributed by atoms with Gasteiger partial charge in [-0.15, -0.1) is 0 Å². The molecule has 0 radical (unpaired) electrons. The molecule has 0 heterocycles. The van der Waals surface area contributed by atoms with Gasteiger partial charge in [0.25, 0.3) is 0 Å². The van der Waals surface area contributed by atoms with Crippen LogP contribution in [0, 0.1) is 0 Å². The number of rotatable bonds is 4. The fourth-order valence-electron chi connectivity index (χ4n) is 1.47. The van der Waals surface area contributed by atoms with E-state index in [0.29, 0.717) is 0 Å². The number of halogens is 5. The van der Waals surface area contributed by atoms with Crippen LogP contribution in [0.1, 0.15) is 13.3 Å². The number of hydrogen-bond acceptors (Lipinski definition) is 3. The minimum Gasteiger partial charge on any atom is -0.396 e. The highest BCUT2D eigenvalue weighted by atomic mass is 35.5. The molecule has 0 aromatic heterocycles. The molecule has 0 spiro atoms. The molecule has 3 N–H and O–H groups in total. The number of sulfonamides is 1. The van der Waals surface area contributed by atoms with Crippen molar-refractivity contribution in [2.24, 2.45) is 0 Å². The lowest BCUT2D eigenvalue weighted by Crippen LogP contribution is -2.36. The maximum Gasteiger partial charge on any atom is 0.390 e. The molecule has 0 aliphatic carbocycles. The molecule has 20 heavy (non-hydrogen) atoms. The van der Waals surface area contributed by atoms with Crippen LogP contribution in [0.25, 0.3) is 0 Å². The second kappa shape index (κ2) is 5.97. The first-order valence-corrected chi connectivity index (χ1v) is 7.50. The summed E-state index contributed by atoms with van der Waals surface area (Å²) in [7, 11) is -4.22. The topological polar surface area (TPSA) is 72.2 Å². The van der Waals surface area contributed by atoms with Gasteiger partial charge in [-0.05, 0) is 19.1 Å². The van der Waals surface area contributed by atoms with Crippen molar-refractivity contribution >= 4 is 38.9 Å². The first kappa shape index (κ1) is 17.4. The molecule has 0 aliphatic rings. The summed E-state index contributed by atoms with van der Waals surface area (Å²) in [6.45, 7) is 1.10. The van der Waals surface area contributed by atoms with Crippen LogP contribution in [-0.2, 0) is 10.0 Å². The molecule has 0 saturated heterocycles. The number of anilines is 1. The van der Waals surface area contributed by atoms with E-state index < -0.39 is 33.6 Å². The normalized spacial score (nSPS) is 14.3. The summed E-state index contributed by atoms with van der Waals surface area (Å²) in [6.07, 6.45) is -5.78. The maximum atomic E-state index is 12.2. The minimum absolute atomic E-state index is 0.0530. The average molecular weight is 351 g/mol. The van der Waals surface area contributed by atoms with Crippen molar-refractivity contribution in [1.29, 1.82) is 0 Å². The van der Waals surface area contributed by atoms with E-state index in [1.807, 2.05) is 4.72 Å². The predicted molar refractivity (Wildman–Crippen MR) is 71.3 cm³/mol. The molecule has 0 amide bonds. The van der Waals surface area contributed by atoms with Crippen LogP contribution in [0.15, 0.2) is 17.0 Å². The molecule has 1 rings (SSSR count). The first-order chi connectivity index (χ1) is 8.94. The van der Waals surface area contributed by atoms with Crippen LogP contribution in [0.2, 0.25) is 10.0 Å². The second-order valence-corrected chi connectivity index (χ2v) is 6.58. The Morgan fingerprint density at radius 1 is 1.35 bits per heavy atom. The highest BCUT2D eigenvalue weighted by molar-refractivity contribution is 7.89. The molecule has 1 aromatic carbocycles. The standard InChI is InChI=1S/C10H11Cl2F3N2O2S/c1-5(4-10(13,14)15)17-20(18,19)7-3-2-6(11)9(16)8(7)12/h2-3,5,17H,4,16H2,1H3. The average Bonchev–Trinajstić information content (AvgIpc) is 2.21. The summed E-state index contributed by atoms with van der Waals surface area (Å²) in [5, 5.41) is -0.276. The van der Waals surface area contributed by atoms with Gasteiger partial charge in [0.15, 0.2) is 0 Å².